The molecule has 1 N–H and O–H groups in total. The zero-order valence-electron chi connectivity index (χ0n) is 18.9. The van der Waals surface area contributed by atoms with Crippen molar-refractivity contribution >= 4 is 21.6 Å². The van der Waals surface area contributed by atoms with Crippen molar-refractivity contribution in [3.63, 3.8) is 0 Å². The Hall–Kier alpha value is -2.54. The van der Waals surface area contributed by atoms with Gasteiger partial charge in [-0.1, -0.05) is 44.2 Å². The zero-order valence-corrected chi connectivity index (χ0v) is 19.7. The average Bonchev–Trinajstić information content (AvgIpc) is 2.75. The molecule has 0 aliphatic heterocycles. The minimum absolute atomic E-state index is 0.319. The van der Waals surface area contributed by atoms with E-state index in [-0.39, 0.29) is 5.91 Å². The number of nitrogens with zero attached hydrogens (tertiary/aromatic N) is 1. The summed E-state index contributed by atoms with van der Waals surface area (Å²) >= 11 is 0. The van der Waals surface area contributed by atoms with Crippen molar-refractivity contribution in [1.82, 2.24) is 5.32 Å². The summed E-state index contributed by atoms with van der Waals surface area (Å²) in [6, 6.07) is 14.3. The molecule has 0 fully saturated rings. The monoisotopic (exact) mass is 446 g/mol. The van der Waals surface area contributed by atoms with Crippen LogP contribution in [0.5, 0.6) is 5.75 Å². The van der Waals surface area contributed by atoms with E-state index in [0.29, 0.717) is 18.8 Å². The van der Waals surface area contributed by atoms with Crippen molar-refractivity contribution in [2.45, 2.75) is 52.5 Å². The number of aryl methyl sites for hydroxylation is 2. The first-order valence-corrected chi connectivity index (χ1v) is 12.7. The van der Waals surface area contributed by atoms with Crippen molar-refractivity contribution in [3.05, 3.63) is 59.7 Å². The summed E-state index contributed by atoms with van der Waals surface area (Å²) < 4.78 is 31.8. The van der Waals surface area contributed by atoms with Crippen molar-refractivity contribution in [1.29, 1.82) is 0 Å². The molecule has 170 valence electrons. The Morgan fingerprint density at radius 1 is 1.10 bits per heavy atom. The van der Waals surface area contributed by atoms with E-state index < -0.39 is 16.1 Å². The average molecular weight is 447 g/mol. The molecule has 1 unspecified atom stereocenters. The third-order valence-corrected chi connectivity index (χ3v) is 6.29. The Bertz CT molecular complexity index is 942. The lowest BCUT2D eigenvalue weighted by Gasteiger charge is -2.28. The van der Waals surface area contributed by atoms with E-state index >= 15 is 0 Å². The lowest BCUT2D eigenvalue weighted by molar-refractivity contribution is -0.121. The number of ether oxygens (including phenoxy) is 1. The minimum atomic E-state index is -3.61. The molecule has 0 saturated carbocycles. The predicted octanol–water partition coefficient (Wildman–Crippen LogP) is 3.94. The highest BCUT2D eigenvalue weighted by molar-refractivity contribution is 7.92. The molecule has 7 heteroatoms. The molecule has 1 atom stereocenters. The van der Waals surface area contributed by atoms with Gasteiger partial charge in [0.2, 0.25) is 15.9 Å². The number of hydrogen-bond donors (Lipinski definition) is 1. The number of carbonyl (C=O) groups excluding carboxylic acids is 1. The van der Waals surface area contributed by atoms with Gasteiger partial charge in [0, 0.05) is 6.54 Å². The Morgan fingerprint density at radius 3 is 2.39 bits per heavy atom. The lowest BCUT2D eigenvalue weighted by Crippen LogP contribution is -2.48. The fraction of sp³-hybridized carbons (Fsp3) is 0.458. The van der Waals surface area contributed by atoms with Gasteiger partial charge < -0.3 is 10.1 Å². The maximum Gasteiger partial charge on any atom is 0.243 e. The summed E-state index contributed by atoms with van der Waals surface area (Å²) in [6.45, 7) is 6.84. The number of para-hydroxylation sites is 1. The Morgan fingerprint density at radius 2 is 1.77 bits per heavy atom. The van der Waals surface area contributed by atoms with Crippen LogP contribution in [0, 0.1) is 0 Å². The molecule has 6 nitrogen and oxygen atoms in total. The molecule has 0 heterocycles. The van der Waals surface area contributed by atoms with Gasteiger partial charge in [0.05, 0.1) is 18.6 Å². The van der Waals surface area contributed by atoms with Gasteiger partial charge >= 0.3 is 0 Å². The minimum Gasteiger partial charge on any atom is -0.493 e. The van der Waals surface area contributed by atoms with Crippen molar-refractivity contribution in [2.75, 3.05) is 23.7 Å². The van der Waals surface area contributed by atoms with Crippen LogP contribution in [0.3, 0.4) is 0 Å². The summed E-state index contributed by atoms with van der Waals surface area (Å²) in [6.07, 6.45) is 4.43. The summed E-state index contributed by atoms with van der Waals surface area (Å²) in [5.41, 5.74) is 2.70. The summed E-state index contributed by atoms with van der Waals surface area (Å²) in [5.74, 6) is 0.559. The first kappa shape index (κ1) is 24.7. The van der Waals surface area contributed by atoms with Gasteiger partial charge in [-0.05, 0) is 61.9 Å². The van der Waals surface area contributed by atoms with Crippen LogP contribution in [0.25, 0.3) is 0 Å². The van der Waals surface area contributed by atoms with Gasteiger partial charge in [-0.15, -0.1) is 0 Å². The molecule has 2 aromatic carbocycles. The van der Waals surface area contributed by atoms with E-state index in [9.17, 15) is 13.2 Å². The molecular weight excluding hydrogens is 412 g/mol. The topological polar surface area (TPSA) is 75.7 Å². The molecular formula is C24H34N2O4S. The van der Waals surface area contributed by atoms with Crippen LogP contribution >= 0.6 is 0 Å². The second kappa shape index (κ2) is 11.7. The highest BCUT2D eigenvalue weighted by Gasteiger charge is 2.28. The van der Waals surface area contributed by atoms with E-state index in [0.717, 1.165) is 48.8 Å². The maximum absolute atomic E-state index is 12.7. The SMILES string of the molecule is CCCOc1ccccc1CCCNC(=O)C(C)N(c1ccc(CC)cc1)S(C)(=O)=O. The van der Waals surface area contributed by atoms with Gasteiger partial charge in [-0.25, -0.2) is 8.42 Å². The summed E-state index contributed by atoms with van der Waals surface area (Å²) in [5, 5.41) is 2.87. The van der Waals surface area contributed by atoms with Gasteiger partial charge in [-0.3, -0.25) is 9.10 Å². The third-order valence-electron chi connectivity index (χ3n) is 5.04. The number of amides is 1. The molecule has 0 saturated heterocycles. The van der Waals surface area contributed by atoms with Crippen LogP contribution in [0.1, 0.15) is 44.7 Å². The summed E-state index contributed by atoms with van der Waals surface area (Å²) in [7, 11) is -3.61. The smallest absolute Gasteiger partial charge is 0.243 e. The molecule has 0 spiro atoms. The first-order valence-electron chi connectivity index (χ1n) is 10.8. The molecule has 0 bridgehead atoms. The maximum atomic E-state index is 12.7. The van der Waals surface area contributed by atoms with Gasteiger partial charge in [-0.2, -0.15) is 0 Å². The van der Waals surface area contributed by atoms with Crippen LogP contribution in [-0.4, -0.2) is 39.8 Å². The number of anilines is 1. The second-order valence-corrected chi connectivity index (χ2v) is 9.46. The summed E-state index contributed by atoms with van der Waals surface area (Å²) in [4.78, 5) is 12.7. The van der Waals surface area contributed by atoms with E-state index in [2.05, 4.69) is 12.2 Å². The van der Waals surface area contributed by atoms with Crippen molar-refractivity contribution < 1.29 is 17.9 Å². The molecule has 1 amide bonds. The molecule has 0 aliphatic rings. The number of carbonyl (C=O) groups is 1. The zero-order chi connectivity index (χ0) is 22.9. The first-order chi connectivity index (χ1) is 14.8. The Labute approximate surface area is 186 Å². The fourth-order valence-corrected chi connectivity index (χ4v) is 4.56. The molecule has 0 aliphatic carbocycles. The number of nitrogens with one attached hydrogen (secondary N) is 1. The van der Waals surface area contributed by atoms with Gasteiger partial charge in [0.15, 0.2) is 0 Å². The molecule has 31 heavy (non-hydrogen) atoms. The molecule has 0 aromatic heterocycles. The highest BCUT2D eigenvalue weighted by Crippen LogP contribution is 2.22. The van der Waals surface area contributed by atoms with Crippen LogP contribution in [0.2, 0.25) is 0 Å². The quantitative estimate of drug-likeness (QED) is 0.501. The van der Waals surface area contributed by atoms with Crippen LogP contribution < -0.4 is 14.4 Å². The van der Waals surface area contributed by atoms with Crippen LogP contribution in [0.15, 0.2) is 48.5 Å². The van der Waals surface area contributed by atoms with Crippen LogP contribution in [0.4, 0.5) is 5.69 Å². The van der Waals surface area contributed by atoms with Gasteiger partial charge in [0.1, 0.15) is 11.8 Å². The van der Waals surface area contributed by atoms with E-state index in [1.807, 2.05) is 43.3 Å². The van der Waals surface area contributed by atoms with E-state index in [4.69, 9.17) is 4.74 Å². The normalized spacial score (nSPS) is 12.3. The van der Waals surface area contributed by atoms with E-state index in [1.165, 1.54) is 4.31 Å². The predicted molar refractivity (Wildman–Crippen MR) is 126 cm³/mol. The fourth-order valence-electron chi connectivity index (χ4n) is 3.39. The lowest BCUT2D eigenvalue weighted by atomic mass is 10.1. The molecule has 2 aromatic rings. The second-order valence-electron chi connectivity index (χ2n) is 7.61. The van der Waals surface area contributed by atoms with Crippen LogP contribution in [-0.2, 0) is 27.7 Å². The molecule has 2 rings (SSSR count). The largest absolute Gasteiger partial charge is 0.493 e. The van der Waals surface area contributed by atoms with E-state index in [1.54, 1.807) is 19.1 Å². The number of benzene rings is 2. The standard InChI is InChI=1S/C24H34N2O4S/c1-5-18-30-23-12-8-7-10-21(23)11-9-17-25-24(27)19(3)26(31(4,28)29)22-15-13-20(6-2)14-16-22/h7-8,10,12-16,19H,5-6,9,11,17-18H2,1-4H3,(H,25,27). The number of hydrogen-bond acceptors (Lipinski definition) is 4. The highest BCUT2D eigenvalue weighted by atomic mass is 32.2. The number of rotatable bonds is 12. The molecule has 0 radical (unpaired) electrons. The van der Waals surface area contributed by atoms with Gasteiger partial charge in [0.25, 0.3) is 0 Å². The number of sulfonamides is 1. The van der Waals surface area contributed by atoms with Crippen molar-refractivity contribution in [2.24, 2.45) is 0 Å². The third kappa shape index (κ3) is 7.28. The Kier molecular flexibility index (Phi) is 9.37. The van der Waals surface area contributed by atoms with Crippen molar-refractivity contribution in [3.8, 4) is 5.75 Å². The Balaban J connectivity index is 1.97.